The van der Waals surface area contributed by atoms with Gasteiger partial charge in [-0.25, -0.2) is 0 Å². The second-order valence-electron chi connectivity index (χ2n) is 4.92. The minimum atomic E-state index is 0.102. The molecule has 0 spiro atoms. The molecule has 0 bridgehead atoms. The fraction of sp³-hybridized carbons (Fsp3) is 0.0556. The Balaban J connectivity index is 1.99. The highest BCUT2D eigenvalue weighted by molar-refractivity contribution is 6.32. The normalized spacial score (nSPS) is 11.3. The number of pyridine rings is 1. The lowest BCUT2D eigenvalue weighted by atomic mass is 10.1. The van der Waals surface area contributed by atoms with E-state index in [0.717, 1.165) is 11.3 Å². The van der Waals surface area contributed by atoms with Crippen molar-refractivity contribution in [3.8, 4) is 5.75 Å². The second-order valence-corrected chi connectivity index (χ2v) is 5.33. The Bertz CT molecular complexity index is 840. The molecule has 0 unspecified atom stereocenters. The van der Waals surface area contributed by atoms with Crippen LogP contribution in [0.25, 0.3) is 23.1 Å². The van der Waals surface area contributed by atoms with E-state index in [9.17, 15) is 5.11 Å². The van der Waals surface area contributed by atoms with Crippen LogP contribution in [0.15, 0.2) is 54.6 Å². The van der Waals surface area contributed by atoms with Crippen molar-refractivity contribution in [1.29, 1.82) is 0 Å². The molecule has 0 saturated carbocycles. The molecule has 1 aromatic heterocycles. The summed E-state index contributed by atoms with van der Waals surface area (Å²) >= 11 is 5.92. The highest BCUT2D eigenvalue weighted by Crippen LogP contribution is 2.24. The SMILES string of the molecule is C[n+]1c(/C=C/c2ccc(O)c(Cl)c2)ccc2ccccc21. The molecule has 0 saturated heterocycles. The molecule has 0 aliphatic carbocycles. The number of hydrogen-bond acceptors (Lipinski definition) is 1. The molecule has 3 rings (SSSR count). The topological polar surface area (TPSA) is 24.1 Å². The summed E-state index contributed by atoms with van der Waals surface area (Å²) in [4.78, 5) is 0. The van der Waals surface area contributed by atoms with Gasteiger partial charge in [-0.15, -0.1) is 0 Å². The maximum absolute atomic E-state index is 9.43. The number of phenols is 1. The minimum absolute atomic E-state index is 0.102. The van der Waals surface area contributed by atoms with E-state index in [1.165, 1.54) is 10.9 Å². The lowest BCUT2D eigenvalue weighted by molar-refractivity contribution is -0.646. The fourth-order valence-electron chi connectivity index (χ4n) is 2.34. The molecule has 2 nitrogen and oxygen atoms in total. The molecule has 0 aliphatic heterocycles. The first kappa shape index (κ1) is 13.7. The maximum atomic E-state index is 9.43. The number of halogens is 1. The number of nitrogens with zero attached hydrogens (tertiary/aromatic N) is 1. The highest BCUT2D eigenvalue weighted by atomic mass is 35.5. The molecule has 0 amide bonds. The monoisotopic (exact) mass is 296 g/mol. The van der Waals surface area contributed by atoms with E-state index in [1.807, 2.05) is 37.4 Å². The first-order chi connectivity index (χ1) is 10.1. The molecule has 1 heterocycles. The van der Waals surface area contributed by atoms with Gasteiger partial charge in [-0.3, -0.25) is 0 Å². The van der Waals surface area contributed by atoms with Crippen LogP contribution in [0.4, 0.5) is 0 Å². The van der Waals surface area contributed by atoms with Crippen LogP contribution in [0.3, 0.4) is 0 Å². The molecule has 1 N–H and O–H groups in total. The zero-order valence-electron chi connectivity index (χ0n) is 11.6. The Labute approximate surface area is 128 Å². The Hall–Kier alpha value is -2.32. The molecule has 0 atom stereocenters. The van der Waals surface area contributed by atoms with Crippen LogP contribution >= 0.6 is 11.6 Å². The number of para-hydroxylation sites is 1. The van der Waals surface area contributed by atoms with Crippen molar-refractivity contribution in [3.05, 3.63) is 70.9 Å². The third-order valence-corrected chi connectivity index (χ3v) is 3.84. The Morgan fingerprint density at radius 1 is 1.00 bits per heavy atom. The van der Waals surface area contributed by atoms with E-state index >= 15 is 0 Å². The average molecular weight is 297 g/mol. The fourth-order valence-corrected chi connectivity index (χ4v) is 2.52. The van der Waals surface area contributed by atoms with Gasteiger partial charge in [0.25, 0.3) is 0 Å². The van der Waals surface area contributed by atoms with Crippen LogP contribution in [0.1, 0.15) is 11.3 Å². The zero-order valence-corrected chi connectivity index (χ0v) is 12.4. The molecule has 104 valence electrons. The van der Waals surface area contributed by atoms with Gasteiger partial charge in [-0.2, -0.15) is 4.57 Å². The van der Waals surface area contributed by atoms with Crippen molar-refractivity contribution >= 4 is 34.7 Å². The maximum Gasteiger partial charge on any atom is 0.212 e. The number of aromatic hydroxyl groups is 1. The van der Waals surface area contributed by atoms with E-state index in [2.05, 4.69) is 28.8 Å². The lowest BCUT2D eigenvalue weighted by Gasteiger charge is -2.00. The van der Waals surface area contributed by atoms with Crippen LogP contribution < -0.4 is 4.57 Å². The van der Waals surface area contributed by atoms with Gasteiger partial charge in [0.1, 0.15) is 12.8 Å². The predicted octanol–water partition coefficient (Wildman–Crippen LogP) is 4.19. The summed E-state index contributed by atoms with van der Waals surface area (Å²) in [5.74, 6) is 0.102. The molecule has 0 radical (unpaired) electrons. The number of phenolic OH excluding ortho intramolecular Hbond substituents is 1. The standard InChI is InChI=1S/C18H14ClNO/c1-20-15(10-8-14-4-2-3-5-17(14)20)9-6-13-7-11-18(21)16(19)12-13/h2-12H,1H3/p+1. The van der Waals surface area contributed by atoms with Crippen molar-refractivity contribution in [3.63, 3.8) is 0 Å². The summed E-state index contributed by atoms with van der Waals surface area (Å²) in [7, 11) is 2.05. The predicted molar refractivity (Wildman–Crippen MR) is 87.2 cm³/mol. The summed E-state index contributed by atoms with van der Waals surface area (Å²) in [5.41, 5.74) is 3.23. The molecule has 21 heavy (non-hydrogen) atoms. The lowest BCUT2D eigenvalue weighted by Crippen LogP contribution is -2.32. The van der Waals surface area contributed by atoms with Crippen LogP contribution in [-0.2, 0) is 7.05 Å². The van der Waals surface area contributed by atoms with Gasteiger partial charge in [0.15, 0.2) is 0 Å². The zero-order chi connectivity index (χ0) is 14.8. The van der Waals surface area contributed by atoms with Crippen molar-refractivity contribution in [1.82, 2.24) is 0 Å². The molecular weight excluding hydrogens is 282 g/mol. The minimum Gasteiger partial charge on any atom is -0.506 e. The molecular formula is C18H15ClNO+. The van der Waals surface area contributed by atoms with Gasteiger partial charge >= 0.3 is 0 Å². The Morgan fingerprint density at radius 2 is 1.81 bits per heavy atom. The molecule has 3 aromatic rings. The van der Waals surface area contributed by atoms with E-state index in [1.54, 1.807) is 12.1 Å². The van der Waals surface area contributed by atoms with Crippen LogP contribution in [0.5, 0.6) is 5.75 Å². The number of fused-ring (bicyclic) bond motifs is 1. The van der Waals surface area contributed by atoms with Gasteiger partial charge in [0.2, 0.25) is 11.2 Å². The molecule has 0 aliphatic rings. The van der Waals surface area contributed by atoms with Crippen molar-refractivity contribution in [2.24, 2.45) is 7.05 Å². The summed E-state index contributed by atoms with van der Waals surface area (Å²) in [6.45, 7) is 0. The Kier molecular flexibility index (Phi) is 3.63. The van der Waals surface area contributed by atoms with Crippen molar-refractivity contribution < 1.29 is 9.67 Å². The highest BCUT2D eigenvalue weighted by Gasteiger charge is 2.08. The summed E-state index contributed by atoms with van der Waals surface area (Å²) in [6.07, 6.45) is 4.02. The second kappa shape index (κ2) is 5.58. The number of rotatable bonds is 2. The largest absolute Gasteiger partial charge is 0.506 e. The van der Waals surface area contributed by atoms with Crippen LogP contribution in [0, 0.1) is 0 Å². The van der Waals surface area contributed by atoms with E-state index < -0.39 is 0 Å². The molecule has 0 fully saturated rings. The van der Waals surface area contributed by atoms with Gasteiger partial charge in [-0.1, -0.05) is 29.8 Å². The van der Waals surface area contributed by atoms with Crippen LogP contribution in [-0.4, -0.2) is 5.11 Å². The van der Waals surface area contributed by atoms with E-state index in [-0.39, 0.29) is 5.75 Å². The molecule has 2 aromatic carbocycles. The summed E-state index contributed by atoms with van der Waals surface area (Å²) in [6, 6.07) is 17.6. The quantitative estimate of drug-likeness (QED) is 0.704. The first-order valence-electron chi connectivity index (χ1n) is 6.69. The van der Waals surface area contributed by atoms with E-state index in [0.29, 0.717) is 5.02 Å². The average Bonchev–Trinajstić information content (AvgIpc) is 2.50. The van der Waals surface area contributed by atoms with Gasteiger partial charge in [0.05, 0.1) is 5.02 Å². The third-order valence-electron chi connectivity index (χ3n) is 3.54. The summed E-state index contributed by atoms with van der Waals surface area (Å²) in [5, 5.41) is 11.0. The van der Waals surface area contributed by atoms with E-state index in [4.69, 9.17) is 11.6 Å². The van der Waals surface area contributed by atoms with Gasteiger partial charge in [-0.05, 0) is 35.9 Å². The van der Waals surface area contributed by atoms with Crippen molar-refractivity contribution in [2.45, 2.75) is 0 Å². The first-order valence-corrected chi connectivity index (χ1v) is 7.07. The third kappa shape index (κ3) is 2.76. The van der Waals surface area contributed by atoms with Crippen molar-refractivity contribution in [2.75, 3.05) is 0 Å². The number of hydrogen-bond donors (Lipinski definition) is 1. The number of aromatic nitrogens is 1. The van der Waals surface area contributed by atoms with Crippen LogP contribution in [0.2, 0.25) is 5.02 Å². The Morgan fingerprint density at radius 3 is 2.62 bits per heavy atom. The summed E-state index contributed by atoms with van der Waals surface area (Å²) < 4.78 is 2.15. The van der Waals surface area contributed by atoms with Gasteiger partial charge in [0, 0.05) is 23.6 Å². The number of aryl methyl sites for hydroxylation is 1. The molecule has 3 heteroatoms. The van der Waals surface area contributed by atoms with Gasteiger partial charge < -0.3 is 5.11 Å². The smallest absolute Gasteiger partial charge is 0.212 e. The number of benzene rings is 2.